The van der Waals surface area contributed by atoms with Gasteiger partial charge >= 0.3 is 0 Å². The van der Waals surface area contributed by atoms with Gasteiger partial charge in [-0.25, -0.2) is 0 Å². The maximum atomic E-state index is 8.00. The van der Waals surface area contributed by atoms with Gasteiger partial charge in [0.1, 0.15) is 5.90 Å². The smallest absolute Gasteiger partial charge is 0.169 e. The summed E-state index contributed by atoms with van der Waals surface area (Å²) < 4.78 is 0. The second kappa shape index (κ2) is 2.28. The van der Waals surface area contributed by atoms with Crippen LogP contribution in [0.3, 0.4) is 0 Å². The summed E-state index contributed by atoms with van der Waals surface area (Å²) in [5.74, 6) is 8.35. The lowest BCUT2D eigenvalue weighted by molar-refractivity contribution is 0.307. The molecule has 3 nitrogen and oxygen atoms in total. The molecule has 0 bridgehead atoms. The Balaban J connectivity index is 2.83. The third-order valence-electron chi connectivity index (χ3n) is 0.740. The second-order valence-corrected chi connectivity index (χ2v) is 1.28. The van der Waals surface area contributed by atoms with E-state index in [1.165, 1.54) is 6.20 Å². The van der Waals surface area contributed by atoms with Crippen LogP contribution in [0.1, 0.15) is 0 Å². The highest BCUT2D eigenvalue weighted by molar-refractivity contribution is 5.14. The molecule has 0 saturated heterocycles. The van der Waals surface area contributed by atoms with Gasteiger partial charge in [-0.05, 0) is 12.1 Å². The molecule has 40 valence electrons. The zero-order chi connectivity index (χ0) is 5.82. The third kappa shape index (κ3) is 0.946. The molecule has 0 amide bonds. The Bertz CT molecular complexity index is 152. The molecule has 2 radical (unpaired) electrons. The van der Waals surface area contributed by atoms with E-state index in [0.29, 0.717) is 5.75 Å². The fourth-order valence-electron chi connectivity index (χ4n) is 0.401. The van der Waals surface area contributed by atoms with Gasteiger partial charge in [-0.3, -0.25) is 4.98 Å². The average Bonchev–Trinajstić information content (AvgIpc) is 1.90. The largest absolute Gasteiger partial charge is 0.366 e. The molecule has 1 heterocycles. The zero-order valence-electron chi connectivity index (χ0n) is 4.11. The van der Waals surface area contributed by atoms with Gasteiger partial charge < -0.3 is 4.84 Å². The van der Waals surface area contributed by atoms with Crippen LogP contribution in [0.15, 0.2) is 24.5 Å². The van der Waals surface area contributed by atoms with Crippen LogP contribution >= 0.6 is 0 Å². The molecule has 0 aliphatic carbocycles. The van der Waals surface area contributed by atoms with Gasteiger partial charge in [0.25, 0.3) is 0 Å². The van der Waals surface area contributed by atoms with Crippen molar-refractivity contribution in [3.8, 4) is 5.75 Å². The average molecular weight is 108 g/mol. The van der Waals surface area contributed by atoms with Gasteiger partial charge in [-0.2, -0.15) is 0 Å². The van der Waals surface area contributed by atoms with E-state index in [0.717, 1.165) is 0 Å². The Morgan fingerprint density at radius 2 is 2.50 bits per heavy atom. The topological polar surface area (TPSA) is 44.4 Å². The van der Waals surface area contributed by atoms with Crippen LogP contribution in [-0.4, -0.2) is 4.98 Å². The summed E-state index contributed by atoms with van der Waals surface area (Å²) >= 11 is 0. The first-order valence-corrected chi connectivity index (χ1v) is 2.15. The van der Waals surface area contributed by atoms with Crippen molar-refractivity contribution in [1.82, 2.24) is 10.9 Å². The minimum Gasteiger partial charge on any atom is -0.366 e. The molecule has 0 atom stereocenters. The highest BCUT2D eigenvalue weighted by Gasteiger charge is 1.84. The zero-order valence-corrected chi connectivity index (χ0v) is 4.11. The number of pyridine rings is 1. The van der Waals surface area contributed by atoms with Crippen molar-refractivity contribution in [2.75, 3.05) is 0 Å². The van der Waals surface area contributed by atoms with E-state index < -0.39 is 0 Å². The minimum atomic E-state index is 0.354. The Kier molecular flexibility index (Phi) is 1.44. The molecular formula is C5H4N2O. The number of hydrogen-bond donors (Lipinski definition) is 0. The summed E-state index contributed by atoms with van der Waals surface area (Å²) in [7, 11) is 0. The van der Waals surface area contributed by atoms with Gasteiger partial charge in [0.15, 0.2) is 5.75 Å². The Labute approximate surface area is 47.1 Å². The molecule has 0 saturated carbocycles. The molecule has 0 spiro atoms. The van der Waals surface area contributed by atoms with Crippen molar-refractivity contribution in [3.05, 3.63) is 24.5 Å². The molecule has 8 heavy (non-hydrogen) atoms. The van der Waals surface area contributed by atoms with Gasteiger partial charge in [0.05, 0.1) is 6.20 Å². The lowest BCUT2D eigenvalue weighted by atomic mass is 10.5. The fourth-order valence-corrected chi connectivity index (χ4v) is 0.401. The summed E-state index contributed by atoms with van der Waals surface area (Å²) in [4.78, 5) is 7.52. The van der Waals surface area contributed by atoms with Crippen molar-refractivity contribution in [2.24, 2.45) is 0 Å². The number of rotatable bonds is 1. The summed E-state index contributed by atoms with van der Waals surface area (Å²) in [6.45, 7) is 0. The van der Waals surface area contributed by atoms with E-state index in [4.69, 9.17) is 5.90 Å². The molecular weight excluding hydrogens is 104 g/mol. The lowest BCUT2D eigenvalue weighted by Crippen LogP contribution is -1.85. The van der Waals surface area contributed by atoms with Crippen molar-refractivity contribution >= 4 is 0 Å². The van der Waals surface area contributed by atoms with E-state index in [9.17, 15) is 0 Å². The fraction of sp³-hybridized carbons (Fsp3) is 0. The third-order valence-corrected chi connectivity index (χ3v) is 0.740. The van der Waals surface area contributed by atoms with Gasteiger partial charge in [-0.15, -0.1) is 0 Å². The van der Waals surface area contributed by atoms with E-state index in [-0.39, 0.29) is 0 Å². The van der Waals surface area contributed by atoms with Crippen molar-refractivity contribution in [3.63, 3.8) is 0 Å². The summed E-state index contributed by atoms with van der Waals surface area (Å²) in [5, 5.41) is 0. The first-order valence-electron chi connectivity index (χ1n) is 2.15. The molecule has 1 rings (SSSR count). The Hall–Kier alpha value is -1.09. The van der Waals surface area contributed by atoms with E-state index in [1.807, 2.05) is 0 Å². The Morgan fingerprint density at radius 1 is 1.62 bits per heavy atom. The second-order valence-electron chi connectivity index (χ2n) is 1.28. The predicted molar refractivity (Wildman–Crippen MR) is 27.0 cm³/mol. The minimum absolute atomic E-state index is 0.354. The van der Waals surface area contributed by atoms with Gasteiger partial charge in [0.2, 0.25) is 0 Å². The monoisotopic (exact) mass is 108 g/mol. The standard InChI is InChI=1S/C5H4N2O/c6-8-5-2-1-3-7-4-5/h1-4H. The van der Waals surface area contributed by atoms with Crippen LogP contribution in [0.25, 0.3) is 0 Å². The SMILES string of the molecule is [N]Oc1cccnc1. The normalized spacial score (nSPS) is 8.62. The quantitative estimate of drug-likeness (QED) is 0.490. The van der Waals surface area contributed by atoms with Gasteiger partial charge in [-0.1, -0.05) is 0 Å². The number of nitrogens with zero attached hydrogens (tertiary/aromatic N) is 2. The van der Waals surface area contributed by atoms with E-state index in [2.05, 4.69) is 9.82 Å². The number of aromatic nitrogens is 1. The van der Waals surface area contributed by atoms with Crippen LogP contribution in [0.5, 0.6) is 5.75 Å². The molecule has 1 aromatic heterocycles. The number of hydrogen-bond acceptors (Lipinski definition) is 2. The summed E-state index contributed by atoms with van der Waals surface area (Å²) in [5.41, 5.74) is 0. The Morgan fingerprint density at radius 3 is 2.88 bits per heavy atom. The molecule has 3 heteroatoms. The van der Waals surface area contributed by atoms with Crippen molar-refractivity contribution < 1.29 is 4.84 Å². The van der Waals surface area contributed by atoms with Crippen LogP contribution in [-0.2, 0) is 0 Å². The van der Waals surface area contributed by atoms with E-state index >= 15 is 0 Å². The molecule has 0 fully saturated rings. The van der Waals surface area contributed by atoms with Crippen molar-refractivity contribution in [2.45, 2.75) is 0 Å². The summed E-state index contributed by atoms with van der Waals surface area (Å²) in [6.07, 6.45) is 3.02. The molecule has 0 aliphatic rings. The highest BCUT2D eigenvalue weighted by atomic mass is 16.6. The van der Waals surface area contributed by atoms with Crippen LogP contribution in [0.2, 0.25) is 0 Å². The van der Waals surface area contributed by atoms with Gasteiger partial charge in [0, 0.05) is 6.20 Å². The van der Waals surface area contributed by atoms with E-state index in [1.54, 1.807) is 18.3 Å². The maximum absolute atomic E-state index is 8.00. The molecule has 0 unspecified atom stereocenters. The first kappa shape index (κ1) is 5.05. The predicted octanol–water partition coefficient (Wildman–Crippen LogP) is 0.444. The molecule has 0 aliphatic heterocycles. The van der Waals surface area contributed by atoms with Crippen LogP contribution in [0.4, 0.5) is 0 Å². The lowest BCUT2D eigenvalue weighted by Gasteiger charge is -1.88. The summed E-state index contributed by atoms with van der Waals surface area (Å²) in [6, 6.07) is 3.28. The maximum Gasteiger partial charge on any atom is 0.169 e. The molecule has 0 aromatic carbocycles. The highest BCUT2D eigenvalue weighted by Crippen LogP contribution is 2.02. The van der Waals surface area contributed by atoms with Crippen molar-refractivity contribution in [1.29, 1.82) is 0 Å². The first-order chi connectivity index (χ1) is 3.93. The van der Waals surface area contributed by atoms with Crippen LogP contribution in [0, 0.1) is 0 Å². The van der Waals surface area contributed by atoms with Crippen LogP contribution < -0.4 is 10.7 Å². The molecule has 0 N–H and O–H groups in total. The molecule has 1 aromatic rings.